The van der Waals surface area contributed by atoms with Crippen molar-refractivity contribution in [3.63, 3.8) is 0 Å². The summed E-state index contributed by atoms with van der Waals surface area (Å²) in [5.74, 6) is 0. The van der Waals surface area contributed by atoms with Crippen molar-refractivity contribution in [2.45, 2.75) is 0 Å². The largest absolute Gasteiger partial charge is 0.226 e. The van der Waals surface area contributed by atoms with Crippen LogP contribution in [-0.4, -0.2) is 30.8 Å². The van der Waals surface area contributed by atoms with Crippen molar-refractivity contribution in [2.75, 3.05) is 0 Å². The Morgan fingerprint density at radius 1 is 0.611 bits per heavy atom. The fourth-order valence-electron chi connectivity index (χ4n) is 1.58. The highest BCUT2D eigenvalue weighted by Gasteiger charge is 2.03. The molecular weight excluding hydrogens is 228 g/mol. The van der Waals surface area contributed by atoms with E-state index in [2.05, 4.69) is 30.8 Å². The van der Waals surface area contributed by atoms with Crippen LogP contribution in [0.5, 0.6) is 0 Å². The van der Waals surface area contributed by atoms with Crippen LogP contribution in [0.4, 0.5) is 0 Å². The maximum Gasteiger partial charge on any atom is 0.226 e. The summed E-state index contributed by atoms with van der Waals surface area (Å²) in [5.41, 5.74) is 1.70. The Balaban J connectivity index is 2.50. The van der Waals surface area contributed by atoms with E-state index < -0.39 is 0 Å². The molecule has 2 aromatic heterocycles. The number of aromatic nitrogens is 6. The summed E-state index contributed by atoms with van der Waals surface area (Å²) in [6, 6.07) is 15.3. The van der Waals surface area contributed by atoms with Crippen LogP contribution in [0.15, 0.2) is 48.5 Å². The lowest BCUT2D eigenvalue weighted by atomic mass is 10.2. The van der Waals surface area contributed by atoms with Crippen molar-refractivity contribution >= 4 is 22.1 Å². The molecule has 0 fully saturated rings. The molecule has 2 heterocycles. The zero-order chi connectivity index (χ0) is 12.2. The molecule has 0 unspecified atom stereocenters. The molecule has 3 rings (SSSR count). The maximum absolute atomic E-state index is 4.11. The SMILES string of the molecule is c1ccccc2c(ccc1)nnc1nnnnc12. The van der Waals surface area contributed by atoms with Gasteiger partial charge in [0.05, 0.1) is 5.52 Å². The third kappa shape index (κ3) is 1.91. The van der Waals surface area contributed by atoms with Gasteiger partial charge in [0.25, 0.3) is 0 Å². The van der Waals surface area contributed by atoms with Gasteiger partial charge in [-0.2, -0.15) is 0 Å². The Morgan fingerprint density at radius 2 is 1.33 bits per heavy atom. The molecule has 0 saturated heterocycles. The fourth-order valence-corrected chi connectivity index (χ4v) is 1.58. The van der Waals surface area contributed by atoms with Crippen molar-refractivity contribution in [3.05, 3.63) is 48.5 Å². The Labute approximate surface area is 102 Å². The van der Waals surface area contributed by atoms with Crippen LogP contribution in [0.25, 0.3) is 22.1 Å². The predicted octanol–water partition coefficient (Wildman–Crippen LogP) is 1.49. The molecule has 0 atom stereocenters. The van der Waals surface area contributed by atoms with Crippen molar-refractivity contribution in [1.82, 2.24) is 30.8 Å². The summed E-state index contributed by atoms with van der Waals surface area (Å²) in [4.78, 5) is 0. The molecule has 6 nitrogen and oxygen atoms in total. The van der Waals surface area contributed by atoms with E-state index in [1.807, 2.05) is 48.5 Å². The Morgan fingerprint density at radius 3 is 2.22 bits per heavy atom. The van der Waals surface area contributed by atoms with Crippen LogP contribution in [0.2, 0.25) is 0 Å². The lowest BCUT2D eigenvalue weighted by Crippen LogP contribution is -1.96. The van der Waals surface area contributed by atoms with Crippen molar-refractivity contribution in [1.29, 1.82) is 0 Å². The minimum Gasteiger partial charge on any atom is -0.148 e. The molecule has 0 spiro atoms. The predicted molar refractivity (Wildman–Crippen MR) is 65.9 cm³/mol. The molecule has 0 saturated carbocycles. The highest BCUT2D eigenvalue weighted by Crippen LogP contribution is 2.14. The highest BCUT2D eigenvalue weighted by atomic mass is 15.4. The first kappa shape index (κ1) is 10.4. The van der Waals surface area contributed by atoms with Crippen LogP contribution in [0.3, 0.4) is 0 Å². The summed E-state index contributed by atoms with van der Waals surface area (Å²) >= 11 is 0. The Hall–Kier alpha value is -2.76. The fraction of sp³-hybridized carbons (Fsp3) is 0. The first-order valence-corrected chi connectivity index (χ1v) is 5.36. The molecule has 0 aliphatic carbocycles. The first-order valence-electron chi connectivity index (χ1n) is 5.36. The lowest BCUT2D eigenvalue weighted by Gasteiger charge is -1.95. The molecule has 0 aliphatic heterocycles. The van der Waals surface area contributed by atoms with Gasteiger partial charge in [0, 0.05) is 5.39 Å². The second kappa shape index (κ2) is 4.62. The minimum absolute atomic E-state index is 0.387. The van der Waals surface area contributed by atoms with Gasteiger partial charge < -0.3 is 0 Å². The number of hydrogen-bond acceptors (Lipinski definition) is 6. The third-order valence-electron chi connectivity index (χ3n) is 2.39. The van der Waals surface area contributed by atoms with E-state index >= 15 is 0 Å². The lowest BCUT2D eigenvalue weighted by molar-refractivity contribution is 0.787. The van der Waals surface area contributed by atoms with E-state index in [1.165, 1.54) is 0 Å². The van der Waals surface area contributed by atoms with Gasteiger partial charge in [-0.1, -0.05) is 42.5 Å². The van der Waals surface area contributed by atoms with Gasteiger partial charge in [0.1, 0.15) is 5.52 Å². The molecule has 0 amide bonds. The summed E-state index contributed by atoms with van der Waals surface area (Å²) in [6.45, 7) is 0. The molecule has 0 aliphatic rings. The van der Waals surface area contributed by atoms with E-state index in [0.717, 1.165) is 10.9 Å². The van der Waals surface area contributed by atoms with Crippen LogP contribution in [0.1, 0.15) is 0 Å². The summed E-state index contributed by atoms with van der Waals surface area (Å²) in [7, 11) is 0. The van der Waals surface area contributed by atoms with Crippen LogP contribution < -0.4 is 0 Å². The van der Waals surface area contributed by atoms with Crippen LogP contribution >= 0.6 is 0 Å². The number of nitrogens with zero attached hydrogens (tertiary/aromatic N) is 6. The summed E-state index contributed by atoms with van der Waals surface area (Å²) < 4.78 is 0. The minimum atomic E-state index is 0.387. The van der Waals surface area contributed by atoms with Gasteiger partial charge in [-0.3, -0.25) is 0 Å². The van der Waals surface area contributed by atoms with Gasteiger partial charge >= 0.3 is 0 Å². The molecular formula is C12H8N6. The van der Waals surface area contributed by atoms with Crippen molar-refractivity contribution in [2.24, 2.45) is 0 Å². The molecule has 0 radical (unpaired) electrons. The van der Waals surface area contributed by atoms with Crippen molar-refractivity contribution < 1.29 is 0 Å². The molecule has 3 aromatic rings. The highest BCUT2D eigenvalue weighted by molar-refractivity contribution is 5.98. The standard InChI is InChI=1S/C12H8N6/c1-2-4-6-8-10-9(7-5-3-1)11-12(15-13-10)16-18-17-14-11/h1-8H. The maximum atomic E-state index is 4.11. The van der Waals surface area contributed by atoms with Crippen LogP contribution in [-0.2, 0) is 0 Å². The van der Waals surface area contributed by atoms with Crippen LogP contribution in [0, 0.1) is 0 Å². The van der Waals surface area contributed by atoms with Gasteiger partial charge in [-0.15, -0.1) is 20.4 Å². The summed E-state index contributed by atoms with van der Waals surface area (Å²) in [6.07, 6.45) is 0. The number of rotatable bonds is 0. The van der Waals surface area contributed by atoms with E-state index in [-0.39, 0.29) is 0 Å². The molecule has 18 heavy (non-hydrogen) atoms. The first-order chi connectivity index (χ1) is 8.95. The third-order valence-corrected chi connectivity index (χ3v) is 2.39. The molecule has 1 aromatic carbocycles. The average molecular weight is 236 g/mol. The van der Waals surface area contributed by atoms with E-state index in [4.69, 9.17) is 0 Å². The zero-order valence-corrected chi connectivity index (χ0v) is 9.30. The smallest absolute Gasteiger partial charge is 0.148 e. The van der Waals surface area contributed by atoms with E-state index in [1.54, 1.807) is 0 Å². The van der Waals surface area contributed by atoms with Gasteiger partial charge in [0.15, 0.2) is 0 Å². The van der Waals surface area contributed by atoms with E-state index in [0.29, 0.717) is 11.2 Å². The number of fused-ring (bicyclic) bond motifs is 3. The summed E-state index contributed by atoms with van der Waals surface area (Å²) in [5, 5.41) is 23.7. The van der Waals surface area contributed by atoms with Gasteiger partial charge in [0.2, 0.25) is 5.65 Å². The topological polar surface area (TPSA) is 77.3 Å². The molecule has 6 heteroatoms. The zero-order valence-electron chi connectivity index (χ0n) is 9.30. The quantitative estimate of drug-likeness (QED) is 0.588. The second-order valence-corrected chi connectivity index (χ2v) is 3.54. The monoisotopic (exact) mass is 236 g/mol. The Kier molecular flexibility index (Phi) is 2.67. The van der Waals surface area contributed by atoms with E-state index in [9.17, 15) is 0 Å². The molecule has 0 bridgehead atoms. The average Bonchev–Trinajstić information content (AvgIpc) is 2.44. The molecule has 86 valence electrons. The molecule has 0 N–H and O–H groups in total. The van der Waals surface area contributed by atoms with Crippen molar-refractivity contribution in [3.8, 4) is 0 Å². The van der Waals surface area contributed by atoms with Gasteiger partial charge in [-0.05, 0) is 16.5 Å². The Bertz CT molecular complexity index is 751. The second-order valence-electron chi connectivity index (χ2n) is 3.54. The number of hydrogen-bond donors (Lipinski definition) is 0. The van der Waals surface area contributed by atoms with Gasteiger partial charge in [-0.25, -0.2) is 0 Å². The normalized spacial score (nSPS) is 10.2.